The molecule has 3 aromatic carbocycles. The molecule has 66 heavy (non-hydrogen) atoms. The third kappa shape index (κ3) is 11.2. The van der Waals surface area contributed by atoms with Crippen molar-refractivity contribution in [2.45, 2.75) is 105 Å². The van der Waals surface area contributed by atoms with Gasteiger partial charge >= 0.3 is 0 Å². The van der Waals surface area contributed by atoms with Crippen molar-refractivity contribution in [3.05, 3.63) is 113 Å². The Bertz CT molecular complexity index is 2560. The number of benzene rings is 3. The van der Waals surface area contributed by atoms with E-state index in [2.05, 4.69) is 73.2 Å². The van der Waals surface area contributed by atoms with Crippen molar-refractivity contribution in [2.24, 2.45) is 5.41 Å². The second-order valence-electron chi connectivity index (χ2n) is 18.2. The van der Waals surface area contributed by atoms with Crippen LogP contribution in [0.4, 0.5) is 11.4 Å². The van der Waals surface area contributed by atoms with Crippen LogP contribution in [0.3, 0.4) is 0 Å². The third-order valence-electron chi connectivity index (χ3n) is 12.1. The molecule has 3 amide bonds. The zero-order chi connectivity index (χ0) is 47.1. The van der Waals surface area contributed by atoms with Crippen molar-refractivity contribution in [1.29, 1.82) is 0 Å². The Balaban J connectivity index is 0.921. The van der Waals surface area contributed by atoms with Crippen LogP contribution < -0.4 is 15.5 Å². The number of ether oxygens (including phenoxy) is 1. The summed E-state index contributed by atoms with van der Waals surface area (Å²) in [5.74, 6) is -0.438. The number of rotatable bonds is 18. The molecular weight excluding hydrogens is 855 g/mol. The van der Waals surface area contributed by atoms with Gasteiger partial charge in [0.25, 0.3) is 0 Å². The Kier molecular flexibility index (Phi) is 15.1. The van der Waals surface area contributed by atoms with E-state index in [4.69, 9.17) is 9.26 Å². The predicted molar refractivity (Wildman–Crippen MR) is 256 cm³/mol. The smallest absolute Gasteiger partial charge is 0.246 e. The van der Waals surface area contributed by atoms with Gasteiger partial charge in [-0.2, -0.15) is 0 Å². The maximum atomic E-state index is 14.2. The summed E-state index contributed by atoms with van der Waals surface area (Å²) in [6, 6.07) is 20.4. The molecule has 0 bridgehead atoms. The van der Waals surface area contributed by atoms with Crippen LogP contribution in [-0.2, 0) is 19.1 Å². The number of nitrogens with zero attached hydrogens (tertiary/aromatic N) is 7. The molecule has 6 aromatic rings. The van der Waals surface area contributed by atoms with Crippen molar-refractivity contribution >= 4 is 40.4 Å². The molecule has 348 valence electrons. The summed E-state index contributed by atoms with van der Waals surface area (Å²) in [4.78, 5) is 50.4. The average molecular weight is 916 g/mol. The van der Waals surface area contributed by atoms with Gasteiger partial charge in [-0.05, 0) is 112 Å². The van der Waals surface area contributed by atoms with Gasteiger partial charge in [0.1, 0.15) is 24.5 Å². The highest BCUT2D eigenvalue weighted by molar-refractivity contribution is 7.13. The minimum Gasteiger partial charge on any atom is -0.391 e. The standard InChI is InChI=1S/C50H61N9O6S/c1-31-12-13-38(45-33(3)55-65-35(45)5)26-42(31)57(39-18-20-40(21-19-39)59-24-22-52-56-59)23-10-9-11-25-64-29-44(61)54-47(50(6,7)8)49(63)58-28-41(60)27-43(58)48(62)53-32(2)36-14-16-37(17-15-36)46-34(4)51-30-66-46/h12-22,24,26,30,32,41,43,47,60H,9-11,23,25,27-29H2,1-8H3,(H,53,62)(H,54,61)/t32?,41-,43+,47?/m1/s1. The number of likely N-dealkylation sites (tertiary alicyclic amines) is 1. The molecule has 16 heteroatoms. The van der Waals surface area contributed by atoms with Gasteiger partial charge in [0, 0.05) is 43.1 Å². The molecule has 0 aliphatic carbocycles. The number of hydrogen-bond donors (Lipinski definition) is 3. The number of thiazole rings is 1. The number of anilines is 2. The molecule has 4 atom stereocenters. The molecule has 0 spiro atoms. The first kappa shape index (κ1) is 47.7. The number of β-amino-alcohol motifs (C(OH)–C–C–N with tert-alkyl or cyclic N) is 1. The molecule has 7 rings (SSSR count). The number of aliphatic hydroxyl groups excluding tert-OH is 1. The number of amides is 3. The monoisotopic (exact) mass is 915 g/mol. The van der Waals surface area contributed by atoms with E-state index in [0.29, 0.717) is 6.61 Å². The topological polar surface area (TPSA) is 181 Å². The normalized spacial score (nSPS) is 16.0. The van der Waals surface area contributed by atoms with Gasteiger partial charge in [0.05, 0.1) is 52.0 Å². The summed E-state index contributed by atoms with van der Waals surface area (Å²) in [5, 5.41) is 28.9. The predicted octanol–water partition coefficient (Wildman–Crippen LogP) is 7.97. The van der Waals surface area contributed by atoms with Crippen LogP contribution in [0.15, 0.2) is 89.2 Å². The summed E-state index contributed by atoms with van der Waals surface area (Å²) in [7, 11) is 0. The molecule has 3 N–H and O–H groups in total. The summed E-state index contributed by atoms with van der Waals surface area (Å²) >= 11 is 1.58. The average Bonchev–Trinajstić information content (AvgIpc) is 4.13. The largest absolute Gasteiger partial charge is 0.391 e. The summed E-state index contributed by atoms with van der Waals surface area (Å²) in [6.45, 7) is 16.3. The van der Waals surface area contributed by atoms with E-state index < -0.39 is 35.4 Å². The maximum Gasteiger partial charge on any atom is 0.246 e. The van der Waals surface area contributed by atoms with Crippen molar-refractivity contribution in [2.75, 3.05) is 31.2 Å². The number of aliphatic hydroxyl groups is 1. The van der Waals surface area contributed by atoms with Gasteiger partial charge < -0.3 is 34.8 Å². The Morgan fingerprint density at radius 1 is 0.955 bits per heavy atom. The quantitative estimate of drug-likeness (QED) is 0.0712. The molecule has 1 saturated heterocycles. The van der Waals surface area contributed by atoms with Gasteiger partial charge in [-0.3, -0.25) is 14.4 Å². The van der Waals surface area contributed by atoms with Gasteiger partial charge in [-0.25, -0.2) is 9.67 Å². The minimum atomic E-state index is -0.954. The number of carbonyl (C=O) groups excluding carboxylic acids is 3. The van der Waals surface area contributed by atoms with Crippen LogP contribution in [0.25, 0.3) is 27.3 Å². The molecule has 3 aromatic heterocycles. The lowest BCUT2D eigenvalue weighted by Crippen LogP contribution is -2.58. The number of aryl methyl sites for hydroxylation is 4. The Hall–Kier alpha value is -6.23. The number of nitrogens with one attached hydrogen (secondary N) is 2. The van der Waals surface area contributed by atoms with Gasteiger partial charge in [0.2, 0.25) is 17.7 Å². The van der Waals surface area contributed by atoms with E-state index >= 15 is 0 Å². The van der Waals surface area contributed by atoms with E-state index in [1.807, 2.05) is 96.6 Å². The third-order valence-corrected chi connectivity index (χ3v) is 13.1. The first-order valence-corrected chi connectivity index (χ1v) is 23.4. The van der Waals surface area contributed by atoms with Gasteiger partial charge in [0.15, 0.2) is 0 Å². The SMILES string of the molecule is Cc1ccc(-c2c(C)noc2C)cc1N(CCCCCOCC(=O)NC(C(=O)N1C[C@H](O)C[C@H]1C(=O)NC(C)c1ccc(-c2scnc2C)cc1)C(C)(C)C)c1ccc(-n2ccnn2)cc1. The molecule has 15 nitrogen and oxygen atoms in total. The minimum absolute atomic E-state index is 0.00884. The fourth-order valence-electron chi connectivity index (χ4n) is 8.50. The van der Waals surface area contributed by atoms with Crippen molar-refractivity contribution in [3.63, 3.8) is 0 Å². The van der Waals surface area contributed by atoms with Gasteiger partial charge in [-0.1, -0.05) is 67.5 Å². The van der Waals surface area contributed by atoms with Crippen molar-refractivity contribution < 1.29 is 28.8 Å². The van der Waals surface area contributed by atoms with Crippen LogP contribution in [0.2, 0.25) is 0 Å². The molecule has 0 saturated carbocycles. The lowest BCUT2D eigenvalue weighted by Gasteiger charge is -2.35. The highest BCUT2D eigenvalue weighted by Crippen LogP contribution is 2.36. The second-order valence-corrected chi connectivity index (χ2v) is 19.1. The van der Waals surface area contributed by atoms with E-state index in [0.717, 1.165) is 92.7 Å². The lowest BCUT2D eigenvalue weighted by molar-refractivity contribution is -0.144. The highest BCUT2D eigenvalue weighted by Gasteiger charge is 2.44. The van der Waals surface area contributed by atoms with Crippen LogP contribution in [0.1, 0.15) is 87.7 Å². The second kappa shape index (κ2) is 20.9. The molecule has 1 aliphatic heterocycles. The zero-order valence-electron chi connectivity index (χ0n) is 39.1. The Morgan fingerprint density at radius 3 is 2.35 bits per heavy atom. The lowest BCUT2D eigenvalue weighted by atomic mass is 9.85. The molecule has 1 aliphatic rings. The number of aromatic nitrogens is 5. The molecule has 2 unspecified atom stereocenters. The van der Waals surface area contributed by atoms with Crippen LogP contribution in [0, 0.1) is 33.1 Å². The van der Waals surface area contributed by atoms with Crippen molar-refractivity contribution in [3.8, 4) is 27.3 Å². The Labute approximate surface area is 390 Å². The van der Waals surface area contributed by atoms with Gasteiger partial charge in [-0.15, -0.1) is 16.4 Å². The summed E-state index contributed by atoms with van der Waals surface area (Å²) < 4.78 is 13.1. The zero-order valence-corrected chi connectivity index (χ0v) is 39.9. The highest BCUT2D eigenvalue weighted by atomic mass is 32.1. The van der Waals surface area contributed by atoms with E-state index in [9.17, 15) is 19.5 Å². The van der Waals surface area contributed by atoms with Crippen molar-refractivity contribution in [1.82, 2.24) is 40.7 Å². The fraction of sp³-hybridized carbons (Fsp3) is 0.420. The first-order chi connectivity index (χ1) is 31.6. The van der Waals surface area contributed by atoms with E-state index in [1.165, 1.54) is 4.90 Å². The van der Waals surface area contributed by atoms with Crippen LogP contribution in [0.5, 0.6) is 0 Å². The summed E-state index contributed by atoms with van der Waals surface area (Å²) in [6.07, 6.45) is 5.11. The molecule has 0 radical (unpaired) electrons. The molecular formula is C50H61N9O6S. The number of carbonyl (C=O) groups is 3. The maximum absolute atomic E-state index is 14.2. The van der Waals surface area contributed by atoms with Crippen LogP contribution >= 0.6 is 11.3 Å². The molecule has 4 heterocycles. The first-order valence-electron chi connectivity index (χ1n) is 22.5. The van der Waals surface area contributed by atoms with E-state index in [-0.39, 0.29) is 31.5 Å². The summed E-state index contributed by atoms with van der Waals surface area (Å²) in [5.41, 5.74) is 11.1. The van der Waals surface area contributed by atoms with Crippen LogP contribution in [-0.4, -0.2) is 97.4 Å². The fourth-order valence-corrected chi connectivity index (χ4v) is 9.32. The number of unbranched alkanes of at least 4 members (excludes halogenated alkanes) is 2. The molecule has 1 fully saturated rings. The number of hydrogen-bond acceptors (Lipinski definition) is 12. The van der Waals surface area contributed by atoms with E-state index in [1.54, 1.807) is 22.2 Å². The Morgan fingerprint density at radius 2 is 1.70 bits per heavy atom.